The van der Waals surface area contributed by atoms with Gasteiger partial charge in [0, 0.05) is 22.0 Å². The second kappa shape index (κ2) is 6.24. The van der Waals surface area contributed by atoms with Crippen molar-refractivity contribution in [3.8, 4) is 0 Å². The molecule has 3 aromatic rings. The molecule has 0 fully saturated rings. The van der Waals surface area contributed by atoms with Gasteiger partial charge in [0.1, 0.15) is 0 Å². The number of nitrogens with zero attached hydrogens (tertiary/aromatic N) is 1. The molecule has 1 amide bonds. The van der Waals surface area contributed by atoms with E-state index in [1.165, 1.54) is 23.2 Å². The van der Waals surface area contributed by atoms with E-state index in [2.05, 4.69) is 32.3 Å². The molecular weight excluding hydrogens is 352 g/mol. The predicted octanol–water partition coefficient (Wildman–Crippen LogP) is 4.34. The van der Waals surface area contributed by atoms with Crippen molar-refractivity contribution in [1.29, 1.82) is 0 Å². The quantitative estimate of drug-likeness (QED) is 0.750. The number of furan rings is 1. The van der Waals surface area contributed by atoms with Gasteiger partial charge in [-0.1, -0.05) is 34.1 Å². The smallest absolute Gasteiger partial charge is 0.293 e. The molecule has 6 heteroatoms. The Hall–Kier alpha value is -1.92. The maximum atomic E-state index is 11.9. The fourth-order valence-corrected chi connectivity index (χ4v) is 3.10. The van der Waals surface area contributed by atoms with E-state index in [4.69, 9.17) is 4.42 Å². The number of carbonyl (C=O) groups is 1. The van der Waals surface area contributed by atoms with Crippen LogP contribution in [0.2, 0.25) is 0 Å². The highest BCUT2D eigenvalue weighted by molar-refractivity contribution is 9.10. The van der Waals surface area contributed by atoms with Crippen LogP contribution in [0.4, 0.5) is 5.13 Å². The van der Waals surface area contributed by atoms with Crippen molar-refractivity contribution in [3.63, 3.8) is 0 Å². The molecule has 21 heavy (non-hydrogen) atoms. The molecule has 0 spiro atoms. The van der Waals surface area contributed by atoms with E-state index in [1.54, 1.807) is 18.3 Å². The third kappa shape index (κ3) is 3.40. The summed E-state index contributed by atoms with van der Waals surface area (Å²) >= 11 is 4.99. The standard InChI is InChI=1S/C15H11BrN2O2S/c16-12-5-2-1-4-10(12)8-11-9-17-15(21-11)18-14(19)13-6-3-7-20-13/h1-7,9H,8H2,(H,17,18,19). The molecule has 4 nitrogen and oxygen atoms in total. The Morgan fingerprint density at radius 2 is 2.14 bits per heavy atom. The molecule has 0 aliphatic rings. The van der Waals surface area contributed by atoms with Crippen molar-refractivity contribution in [3.05, 3.63) is 69.5 Å². The number of rotatable bonds is 4. The van der Waals surface area contributed by atoms with E-state index >= 15 is 0 Å². The summed E-state index contributed by atoms with van der Waals surface area (Å²) in [6, 6.07) is 11.3. The molecule has 3 rings (SSSR count). The average Bonchev–Trinajstić information content (AvgIpc) is 3.13. The number of amides is 1. The van der Waals surface area contributed by atoms with Crippen LogP contribution in [-0.4, -0.2) is 10.9 Å². The number of thiazole rings is 1. The van der Waals surface area contributed by atoms with Gasteiger partial charge in [-0.2, -0.15) is 0 Å². The van der Waals surface area contributed by atoms with Crippen LogP contribution in [0, 0.1) is 0 Å². The molecule has 1 N–H and O–H groups in total. The first-order valence-corrected chi connectivity index (χ1v) is 7.86. The molecule has 2 heterocycles. The van der Waals surface area contributed by atoms with Crippen molar-refractivity contribution >= 4 is 38.3 Å². The summed E-state index contributed by atoms with van der Waals surface area (Å²) in [5.41, 5.74) is 1.19. The molecule has 0 bridgehead atoms. The zero-order chi connectivity index (χ0) is 14.7. The van der Waals surface area contributed by atoms with Gasteiger partial charge in [-0.25, -0.2) is 4.98 Å². The Bertz CT molecular complexity index is 753. The number of hydrogen-bond donors (Lipinski definition) is 1. The maximum absolute atomic E-state index is 11.9. The number of hydrogen-bond acceptors (Lipinski definition) is 4. The van der Waals surface area contributed by atoms with E-state index in [9.17, 15) is 4.79 Å². The Kier molecular flexibility index (Phi) is 4.17. The maximum Gasteiger partial charge on any atom is 0.293 e. The lowest BCUT2D eigenvalue weighted by atomic mass is 10.1. The second-order valence-corrected chi connectivity index (χ2v) is 6.30. The SMILES string of the molecule is O=C(Nc1ncc(Cc2ccccc2Br)s1)c1ccco1. The minimum atomic E-state index is -0.290. The van der Waals surface area contributed by atoms with Crippen LogP contribution in [0.15, 0.2) is 57.7 Å². The molecule has 0 aliphatic heterocycles. The van der Waals surface area contributed by atoms with Crippen LogP contribution in [0.25, 0.3) is 0 Å². The van der Waals surface area contributed by atoms with Crippen LogP contribution in [-0.2, 0) is 6.42 Å². The summed E-state index contributed by atoms with van der Waals surface area (Å²) < 4.78 is 6.11. The molecular formula is C15H11BrN2O2S. The largest absolute Gasteiger partial charge is 0.459 e. The topological polar surface area (TPSA) is 55.1 Å². The lowest BCUT2D eigenvalue weighted by molar-refractivity contribution is 0.0996. The van der Waals surface area contributed by atoms with Gasteiger partial charge in [-0.3, -0.25) is 10.1 Å². The van der Waals surface area contributed by atoms with Gasteiger partial charge in [-0.15, -0.1) is 11.3 Å². The Labute approximate surface area is 134 Å². The highest BCUT2D eigenvalue weighted by atomic mass is 79.9. The summed E-state index contributed by atoms with van der Waals surface area (Å²) in [7, 11) is 0. The van der Waals surface area contributed by atoms with Gasteiger partial charge in [0.25, 0.3) is 5.91 Å². The average molecular weight is 363 g/mol. The summed E-state index contributed by atoms with van der Waals surface area (Å²) in [5.74, 6) is -0.0145. The van der Waals surface area contributed by atoms with Crippen LogP contribution in [0.1, 0.15) is 21.0 Å². The zero-order valence-corrected chi connectivity index (χ0v) is 13.3. The van der Waals surface area contributed by atoms with Gasteiger partial charge >= 0.3 is 0 Å². The monoisotopic (exact) mass is 362 g/mol. The van der Waals surface area contributed by atoms with Crippen LogP contribution < -0.4 is 5.32 Å². The van der Waals surface area contributed by atoms with Gasteiger partial charge in [-0.05, 0) is 23.8 Å². The van der Waals surface area contributed by atoms with E-state index in [0.29, 0.717) is 5.13 Å². The van der Waals surface area contributed by atoms with Gasteiger partial charge in [0.2, 0.25) is 0 Å². The van der Waals surface area contributed by atoms with Crippen molar-refractivity contribution in [1.82, 2.24) is 4.98 Å². The number of nitrogens with one attached hydrogen (secondary N) is 1. The first-order chi connectivity index (χ1) is 10.2. The molecule has 106 valence electrons. The highest BCUT2D eigenvalue weighted by Crippen LogP contribution is 2.25. The second-order valence-electron chi connectivity index (χ2n) is 4.33. The first kappa shape index (κ1) is 14.0. The summed E-state index contributed by atoms with van der Waals surface area (Å²) in [6.07, 6.45) is 4.02. The van der Waals surface area contributed by atoms with Crippen LogP contribution in [0.3, 0.4) is 0 Å². The molecule has 0 aliphatic carbocycles. The summed E-state index contributed by atoms with van der Waals surface area (Å²) in [5, 5.41) is 3.30. The number of anilines is 1. The van der Waals surface area contributed by atoms with E-state index < -0.39 is 0 Å². The normalized spacial score (nSPS) is 10.5. The molecule has 0 radical (unpaired) electrons. The van der Waals surface area contributed by atoms with Crippen molar-refractivity contribution in [2.45, 2.75) is 6.42 Å². The van der Waals surface area contributed by atoms with Crippen molar-refractivity contribution in [2.24, 2.45) is 0 Å². The summed E-state index contributed by atoms with van der Waals surface area (Å²) in [6.45, 7) is 0. The minimum Gasteiger partial charge on any atom is -0.459 e. The number of carbonyl (C=O) groups excluding carboxylic acids is 1. The van der Waals surface area contributed by atoms with Gasteiger partial charge < -0.3 is 4.42 Å². The van der Waals surface area contributed by atoms with Crippen LogP contribution in [0.5, 0.6) is 0 Å². The minimum absolute atomic E-state index is 0.276. The Morgan fingerprint density at radius 1 is 1.29 bits per heavy atom. The van der Waals surface area contributed by atoms with Gasteiger partial charge in [0.15, 0.2) is 10.9 Å². The fourth-order valence-electron chi connectivity index (χ4n) is 1.84. The van der Waals surface area contributed by atoms with Crippen molar-refractivity contribution < 1.29 is 9.21 Å². The Balaban J connectivity index is 1.69. The fraction of sp³-hybridized carbons (Fsp3) is 0.0667. The third-order valence-corrected chi connectivity index (χ3v) is 4.53. The van der Waals surface area contributed by atoms with Gasteiger partial charge in [0.05, 0.1) is 6.26 Å². The van der Waals surface area contributed by atoms with E-state index in [-0.39, 0.29) is 11.7 Å². The van der Waals surface area contributed by atoms with E-state index in [0.717, 1.165) is 15.8 Å². The molecule has 0 saturated carbocycles. The summed E-state index contributed by atoms with van der Waals surface area (Å²) in [4.78, 5) is 17.2. The lowest BCUT2D eigenvalue weighted by Gasteiger charge is -2.01. The molecule has 2 aromatic heterocycles. The predicted molar refractivity (Wildman–Crippen MR) is 85.7 cm³/mol. The van der Waals surface area contributed by atoms with E-state index in [1.807, 2.05) is 18.2 Å². The molecule has 0 unspecified atom stereocenters. The highest BCUT2D eigenvalue weighted by Gasteiger charge is 2.11. The number of aromatic nitrogens is 1. The molecule has 0 atom stereocenters. The molecule has 1 aromatic carbocycles. The van der Waals surface area contributed by atoms with Crippen LogP contribution >= 0.6 is 27.3 Å². The molecule has 0 saturated heterocycles. The van der Waals surface area contributed by atoms with Crippen molar-refractivity contribution in [2.75, 3.05) is 5.32 Å². The number of halogens is 1. The zero-order valence-electron chi connectivity index (χ0n) is 10.9. The first-order valence-electron chi connectivity index (χ1n) is 6.25. The Morgan fingerprint density at radius 3 is 2.90 bits per heavy atom. The lowest BCUT2D eigenvalue weighted by Crippen LogP contribution is -2.10. The third-order valence-electron chi connectivity index (χ3n) is 2.84. The number of benzene rings is 1.